The van der Waals surface area contributed by atoms with Crippen LogP contribution in [0.3, 0.4) is 0 Å². The Morgan fingerprint density at radius 2 is 1.41 bits per heavy atom. The molecule has 0 fully saturated rings. The minimum absolute atomic E-state index is 0.186. The van der Waals surface area contributed by atoms with E-state index in [4.69, 9.17) is 4.74 Å². The Kier molecular flexibility index (Phi) is 17.5. The first kappa shape index (κ1) is 30.4. The molecule has 34 heavy (non-hydrogen) atoms. The number of hydrogen-bond donors (Lipinski definition) is 0. The molecule has 4 heteroatoms. The Morgan fingerprint density at radius 1 is 0.912 bits per heavy atom. The summed E-state index contributed by atoms with van der Waals surface area (Å²) in [5.41, 5.74) is 1.06. The third-order valence-corrected chi connectivity index (χ3v) is 6.98. The van der Waals surface area contributed by atoms with Gasteiger partial charge in [-0.2, -0.15) is 4.57 Å². The van der Waals surface area contributed by atoms with Crippen LogP contribution in [0, 0.1) is 0 Å². The van der Waals surface area contributed by atoms with Crippen molar-refractivity contribution in [2.45, 2.75) is 130 Å². The molecule has 1 aromatic heterocycles. The molecule has 0 aliphatic heterocycles. The summed E-state index contributed by atoms with van der Waals surface area (Å²) in [6, 6.07) is 4.34. The van der Waals surface area contributed by atoms with Crippen molar-refractivity contribution in [3.8, 4) is 5.88 Å². The first-order valence-corrected chi connectivity index (χ1v) is 14.2. The van der Waals surface area contributed by atoms with E-state index in [1.165, 1.54) is 89.5 Å². The quantitative estimate of drug-likeness (QED) is 0.0786. The molecule has 1 atom stereocenters. The molecule has 0 aromatic carbocycles. The Hall–Kier alpha value is -1.68. The summed E-state index contributed by atoms with van der Waals surface area (Å²) in [6.07, 6.45) is 22.2. The maximum absolute atomic E-state index is 12.1. The highest BCUT2D eigenvalue weighted by atomic mass is 16.5. The monoisotopic (exact) mass is 473 g/mol. The first-order chi connectivity index (χ1) is 16.6. The summed E-state index contributed by atoms with van der Waals surface area (Å²) in [5, 5.41) is 0. The molecule has 0 spiro atoms. The maximum atomic E-state index is 12.1. The smallest absolute Gasteiger partial charge is 0.367 e. The fourth-order valence-electron chi connectivity index (χ4n) is 4.75. The Labute approximate surface area is 210 Å². The van der Waals surface area contributed by atoms with Gasteiger partial charge in [0.05, 0.1) is 5.56 Å². The van der Waals surface area contributed by atoms with Gasteiger partial charge in [-0.3, -0.25) is 4.90 Å². The Bertz CT molecular complexity index is 670. The summed E-state index contributed by atoms with van der Waals surface area (Å²) >= 11 is 0. The second-order valence-corrected chi connectivity index (χ2v) is 9.58. The number of ether oxygens (including phenoxy) is 1. The van der Waals surface area contributed by atoms with Crippen LogP contribution in [0.1, 0.15) is 129 Å². The van der Waals surface area contributed by atoms with Crippen molar-refractivity contribution in [1.29, 1.82) is 0 Å². The van der Waals surface area contributed by atoms with Crippen LogP contribution < -0.4 is 9.30 Å². The molecule has 0 amide bonds. The highest BCUT2D eigenvalue weighted by molar-refractivity contribution is 5.83. The topological polar surface area (TPSA) is 33.4 Å². The van der Waals surface area contributed by atoms with Crippen molar-refractivity contribution >= 4 is 5.97 Å². The summed E-state index contributed by atoms with van der Waals surface area (Å²) in [4.78, 5) is 14.4. The molecule has 1 rings (SSSR count). The number of carbonyl (C=O) groups excluding carboxylic acids is 1. The van der Waals surface area contributed by atoms with Crippen molar-refractivity contribution in [3.63, 3.8) is 0 Å². The van der Waals surface area contributed by atoms with Crippen LogP contribution in [-0.4, -0.2) is 24.0 Å². The van der Waals surface area contributed by atoms with E-state index in [-0.39, 0.29) is 6.04 Å². The van der Waals surface area contributed by atoms with Gasteiger partial charge in [-0.1, -0.05) is 104 Å². The lowest BCUT2D eigenvalue weighted by Crippen LogP contribution is -2.39. The van der Waals surface area contributed by atoms with Gasteiger partial charge in [-0.25, -0.2) is 4.79 Å². The largest absolute Gasteiger partial charge is 0.380 e. The molecular weight excluding hydrogens is 420 g/mol. The number of rotatable bonds is 21. The van der Waals surface area contributed by atoms with Crippen LogP contribution in [-0.2, 0) is 11.3 Å². The lowest BCUT2D eigenvalue weighted by atomic mass is 10.0. The lowest BCUT2D eigenvalue weighted by molar-refractivity contribution is -0.701. The number of carbonyl (C=O) groups is 1. The second-order valence-electron chi connectivity index (χ2n) is 9.58. The third-order valence-electron chi connectivity index (χ3n) is 6.98. The summed E-state index contributed by atoms with van der Waals surface area (Å²) in [5.74, 6) is 0.274. The first-order valence-electron chi connectivity index (χ1n) is 14.2. The van der Waals surface area contributed by atoms with Gasteiger partial charge < -0.3 is 4.74 Å². The molecular formula is C30H53N2O2+. The van der Waals surface area contributed by atoms with Crippen molar-refractivity contribution < 1.29 is 14.1 Å². The molecule has 1 heterocycles. The predicted molar refractivity (Wildman–Crippen MR) is 144 cm³/mol. The zero-order valence-corrected chi connectivity index (χ0v) is 22.8. The highest BCUT2D eigenvalue weighted by Crippen LogP contribution is 2.26. The molecule has 1 unspecified atom stereocenters. The number of aromatic nitrogens is 1. The van der Waals surface area contributed by atoms with E-state index >= 15 is 0 Å². The van der Waals surface area contributed by atoms with E-state index in [1.807, 2.05) is 6.20 Å². The number of aryl methyl sites for hydroxylation is 1. The predicted octanol–water partition coefficient (Wildman–Crippen LogP) is 7.95. The Balaban J connectivity index is 2.40. The van der Waals surface area contributed by atoms with Crippen molar-refractivity contribution in [2.75, 3.05) is 13.1 Å². The fraction of sp³-hybridized carbons (Fsp3) is 0.733. The summed E-state index contributed by atoms with van der Waals surface area (Å²) in [6.45, 7) is 15.2. The summed E-state index contributed by atoms with van der Waals surface area (Å²) < 4.78 is 7.84. The molecule has 0 bridgehead atoms. The van der Waals surface area contributed by atoms with Gasteiger partial charge in [0.25, 0.3) is 0 Å². The standard InChI is InChI=1S/C30H53N2O2/c1-6-10-11-12-13-14-15-16-17-18-19-20-21-22-25-32-26-23-24-28(27(5)31(8-3)9-4)30(32)34-29(33)7-2/h7,23-24,26-27H,2,6,8-22,25H2,1,3-5H3/q+1. The second kappa shape index (κ2) is 19.6. The average Bonchev–Trinajstić information content (AvgIpc) is 2.85. The van der Waals surface area contributed by atoms with E-state index in [0.717, 1.165) is 31.6 Å². The van der Waals surface area contributed by atoms with Crippen molar-refractivity contribution in [1.82, 2.24) is 4.90 Å². The van der Waals surface area contributed by atoms with E-state index in [2.05, 4.69) is 55.9 Å². The van der Waals surface area contributed by atoms with Crippen LogP contribution in [0.5, 0.6) is 5.88 Å². The number of unbranched alkanes of at least 4 members (excludes halogenated alkanes) is 13. The van der Waals surface area contributed by atoms with Gasteiger partial charge in [0.2, 0.25) is 0 Å². The maximum Gasteiger partial charge on any atom is 0.380 e. The molecule has 4 nitrogen and oxygen atoms in total. The molecule has 1 aromatic rings. The number of nitrogens with zero attached hydrogens (tertiary/aromatic N) is 2. The van der Waals surface area contributed by atoms with E-state index in [0.29, 0.717) is 5.88 Å². The zero-order valence-electron chi connectivity index (χ0n) is 22.8. The fourth-order valence-corrected chi connectivity index (χ4v) is 4.75. The Morgan fingerprint density at radius 3 is 1.88 bits per heavy atom. The van der Waals surface area contributed by atoms with E-state index in [1.54, 1.807) is 0 Å². The van der Waals surface area contributed by atoms with Gasteiger partial charge in [-0.15, -0.1) is 0 Å². The van der Waals surface area contributed by atoms with Crippen LogP contribution in [0.15, 0.2) is 31.0 Å². The molecule has 0 aliphatic rings. The molecule has 0 radical (unpaired) electrons. The number of hydrogen-bond acceptors (Lipinski definition) is 3. The van der Waals surface area contributed by atoms with Gasteiger partial charge in [0.1, 0.15) is 0 Å². The highest BCUT2D eigenvalue weighted by Gasteiger charge is 2.26. The van der Waals surface area contributed by atoms with Gasteiger partial charge in [-0.05, 0) is 32.5 Å². The van der Waals surface area contributed by atoms with Crippen LogP contribution in [0.25, 0.3) is 0 Å². The van der Waals surface area contributed by atoms with Crippen LogP contribution in [0.4, 0.5) is 0 Å². The molecule has 0 aliphatic carbocycles. The van der Waals surface area contributed by atoms with Gasteiger partial charge >= 0.3 is 11.8 Å². The number of esters is 1. The summed E-state index contributed by atoms with van der Waals surface area (Å²) in [7, 11) is 0. The molecule has 194 valence electrons. The number of pyridine rings is 1. The van der Waals surface area contributed by atoms with Crippen LogP contribution in [0.2, 0.25) is 0 Å². The molecule has 0 saturated heterocycles. The molecule has 0 N–H and O–H groups in total. The van der Waals surface area contributed by atoms with Crippen molar-refractivity contribution in [2.24, 2.45) is 0 Å². The van der Waals surface area contributed by atoms with E-state index < -0.39 is 5.97 Å². The third kappa shape index (κ3) is 12.1. The SMILES string of the molecule is C=CC(=O)Oc1c(C(C)N(CC)CC)ccc[n+]1CCCCCCCCCCCCCCCC. The van der Waals surface area contributed by atoms with Gasteiger partial charge in [0.15, 0.2) is 12.7 Å². The van der Waals surface area contributed by atoms with E-state index in [9.17, 15) is 4.79 Å². The van der Waals surface area contributed by atoms with Gasteiger partial charge in [0, 0.05) is 24.6 Å². The minimum atomic E-state index is -0.395. The molecule has 0 saturated carbocycles. The zero-order chi connectivity index (χ0) is 25.0. The van der Waals surface area contributed by atoms with Crippen molar-refractivity contribution in [3.05, 3.63) is 36.5 Å². The van der Waals surface area contributed by atoms with Crippen LogP contribution >= 0.6 is 0 Å². The lowest BCUT2D eigenvalue weighted by Gasteiger charge is -2.26. The minimum Gasteiger partial charge on any atom is -0.367 e. The normalized spacial score (nSPS) is 12.1. The average molecular weight is 474 g/mol.